The van der Waals surface area contributed by atoms with Gasteiger partial charge in [0.2, 0.25) is 0 Å². The van der Waals surface area contributed by atoms with Gasteiger partial charge in [0.05, 0.1) is 11.3 Å². The molecule has 0 heterocycles. The van der Waals surface area contributed by atoms with Crippen molar-refractivity contribution in [2.75, 3.05) is 19.0 Å². The fourth-order valence-electron chi connectivity index (χ4n) is 1.46. The molecule has 1 aromatic rings. The Balaban J connectivity index is 3.01. The smallest absolute Gasteiger partial charge is 0.255 e. The van der Waals surface area contributed by atoms with Crippen LogP contribution in [0.5, 0.6) is 0 Å². The van der Waals surface area contributed by atoms with Crippen molar-refractivity contribution in [2.45, 2.75) is 13.3 Å². The maximum Gasteiger partial charge on any atom is 0.255 e. The number of nitrogens with zero attached hydrogens (tertiary/aromatic N) is 1. The fourth-order valence-corrected chi connectivity index (χ4v) is 1.63. The summed E-state index contributed by atoms with van der Waals surface area (Å²) in [6.45, 7) is 2.72. The van der Waals surface area contributed by atoms with Gasteiger partial charge in [-0.05, 0) is 24.6 Å². The van der Waals surface area contributed by atoms with Gasteiger partial charge in [-0.3, -0.25) is 10.6 Å². The Labute approximate surface area is 100 Å². The molecule has 1 aromatic carbocycles. The molecule has 0 aromatic heterocycles. The number of hydrogen-bond donors (Lipinski definition) is 2. The highest BCUT2D eigenvalue weighted by atomic mass is 35.5. The number of nitrogen functional groups attached to an aromatic ring is 1. The van der Waals surface area contributed by atoms with Crippen molar-refractivity contribution in [1.29, 1.82) is 0 Å². The highest BCUT2D eigenvalue weighted by Gasteiger charge is 2.15. The van der Waals surface area contributed by atoms with Crippen molar-refractivity contribution in [3.8, 4) is 0 Å². The minimum Gasteiger partial charge on any atom is -0.342 e. The lowest BCUT2D eigenvalue weighted by Crippen LogP contribution is -2.28. The number of benzene rings is 1. The number of nitrogens with two attached hydrogens (primary N) is 1. The Morgan fingerprint density at radius 1 is 1.56 bits per heavy atom. The van der Waals surface area contributed by atoms with Crippen molar-refractivity contribution in [3.05, 3.63) is 28.8 Å². The topological polar surface area (TPSA) is 58.4 Å². The second kappa shape index (κ2) is 5.72. The lowest BCUT2D eigenvalue weighted by atomic mass is 10.1. The fraction of sp³-hybridized carbons (Fsp3) is 0.364. The van der Waals surface area contributed by atoms with E-state index in [1.165, 1.54) is 0 Å². The molecule has 1 rings (SSSR count). The standard InChI is InChI=1S/C11H16ClN3O/c1-3-6-15(2)11(16)9-7-8(12)4-5-10(9)14-13/h4-5,7,14H,3,6,13H2,1-2H3. The van der Waals surface area contributed by atoms with Crippen LogP contribution in [0.2, 0.25) is 5.02 Å². The van der Waals surface area contributed by atoms with E-state index in [1.54, 1.807) is 30.1 Å². The zero-order valence-corrected chi connectivity index (χ0v) is 10.2. The number of hydrazine groups is 1. The number of rotatable bonds is 4. The number of halogens is 1. The largest absolute Gasteiger partial charge is 0.342 e. The highest BCUT2D eigenvalue weighted by Crippen LogP contribution is 2.21. The van der Waals surface area contributed by atoms with Crippen LogP contribution in [-0.4, -0.2) is 24.4 Å². The molecule has 88 valence electrons. The lowest BCUT2D eigenvalue weighted by Gasteiger charge is -2.18. The molecule has 0 aliphatic rings. The van der Waals surface area contributed by atoms with Crippen molar-refractivity contribution in [3.63, 3.8) is 0 Å². The van der Waals surface area contributed by atoms with E-state index >= 15 is 0 Å². The molecule has 5 heteroatoms. The molecule has 0 spiro atoms. The molecular weight excluding hydrogens is 226 g/mol. The Morgan fingerprint density at radius 3 is 2.81 bits per heavy atom. The molecular formula is C11H16ClN3O. The number of carbonyl (C=O) groups is 1. The highest BCUT2D eigenvalue weighted by molar-refractivity contribution is 6.31. The van der Waals surface area contributed by atoms with E-state index in [0.717, 1.165) is 6.42 Å². The maximum absolute atomic E-state index is 12.0. The average molecular weight is 242 g/mol. The Kier molecular flexibility index (Phi) is 4.58. The number of amides is 1. The molecule has 0 fully saturated rings. The zero-order valence-electron chi connectivity index (χ0n) is 9.46. The Bertz CT molecular complexity index is 381. The van der Waals surface area contributed by atoms with Crippen LogP contribution < -0.4 is 11.3 Å². The van der Waals surface area contributed by atoms with Gasteiger partial charge in [-0.25, -0.2) is 0 Å². The molecule has 0 unspecified atom stereocenters. The molecule has 16 heavy (non-hydrogen) atoms. The lowest BCUT2D eigenvalue weighted by molar-refractivity contribution is 0.0796. The SMILES string of the molecule is CCCN(C)C(=O)c1cc(Cl)ccc1NN. The minimum absolute atomic E-state index is 0.0858. The summed E-state index contributed by atoms with van der Waals surface area (Å²) >= 11 is 5.86. The summed E-state index contributed by atoms with van der Waals surface area (Å²) in [5, 5.41) is 0.521. The van der Waals surface area contributed by atoms with Gasteiger partial charge in [0.25, 0.3) is 5.91 Å². The summed E-state index contributed by atoms with van der Waals surface area (Å²) in [5.41, 5.74) is 3.57. The first kappa shape index (κ1) is 12.8. The van der Waals surface area contributed by atoms with Crippen LogP contribution in [-0.2, 0) is 0 Å². The Hall–Kier alpha value is -1.26. The van der Waals surface area contributed by atoms with Crippen LogP contribution in [0.25, 0.3) is 0 Å². The van der Waals surface area contributed by atoms with E-state index in [1.807, 2.05) is 6.92 Å². The molecule has 3 N–H and O–H groups in total. The first-order valence-corrected chi connectivity index (χ1v) is 5.49. The van der Waals surface area contributed by atoms with Crippen LogP contribution in [0.3, 0.4) is 0 Å². The number of hydrogen-bond acceptors (Lipinski definition) is 3. The average Bonchev–Trinajstić information content (AvgIpc) is 2.28. The second-order valence-electron chi connectivity index (χ2n) is 3.56. The summed E-state index contributed by atoms with van der Waals surface area (Å²) in [5.74, 6) is 5.26. The summed E-state index contributed by atoms with van der Waals surface area (Å²) in [6, 6.07) is 4.99. The summed E-state index contributed by atoms with van der Waals surface area (Å²) < 4.78 is 0. The first-order valence-electron chi connectivity index (χ1n) is 5.11. The molecule has 0 atom stereocenters. The second-order valence-corrected chi connectivity index (χ2v) is 4.00. The zero-order chi connectivity index (χ0) is 12.1. The number of carbonyl (C=O) groups excluding carboxylic acids is 1. The first-order chi connectivity index (χ1) is 7.60. The summed E-state index contributed by atoms with van der Waals surface area (Å²) in [6.07, 6.45) is 0.911. The van der Waals surface area contributed by atoms with Crippen molar-refractivity contribution >= 4 is 23.2 Å². The molecule has 0 aliphatic heterocycles. The van der Waals surface area contributed by atoms with Crippen LogP contribution in [0.15, 0.2) is 18.2 Å². The van der Waals surface area contributed by atoms with Gasteiger partial charge < -0.3 is 10.3 Å². The van der Waals surface area contributed by atoms with Gasteiger partial charge in [0, 0.05) is 18.6 Å². The Morgan fingerprint density at radius 2 is 2.25 bits per heavy atom. The van der Waals surface area contributed by atoms with E-state index in [-0.39, 0.29) is 5.91 Å². The quantitative estimate of drug-likeness (QED) is 0.627. The third-order valence-electron chi connectivity index (χ3n) is 2.27. The maximum atomic E-state index is 12.0. The van der Waals surface area contributed by atoms with E-state index in [0.29, 0.717) is 22.8 Å². The van der Waals surface area contributed by atoms with E-state index in [9.17, 15) is 4.79 Å². The van der Waals surface area contributed by atoms with Crippen LogP contribution in [0.1, 0.15) is 23.7 Å². The van der Waals surface area contributed by atoms with Crippen molar-refractivity contribution < 1.29 is 4.79 Å². The van der Waals surface area contributed by atoms with Crippen molar-refractivity contribution in [1.82, 2.24) is 4.90 Å². The molecule has 1 amide bonds. The minimum atomic E-state index is -0.0858. The van der Waals surface area contributed by atoms with Gasteiger partial charge in [-0.1, -0.05) is 18.5 Å². The van der Waals surface area contributed by atoms with E-state index in [2.05, 4.69) is 5.43 Å². The predicted molar refractivity (Wildman–Crippen MR) is 66.5 cm³/mol. The van der Waals surface area contributed by atoms with E-state index < -0.39 is 0 Å². The molecule has 4 nitrogen and oxygen atoms in total. The van der Waals surface area contributed by atoms with Gasteiger partial charge in [0.1, 0.15) is 0 Å². The van der Waals surface area contributed by atoms with Crippen LogP contribution >= 0.6 is 11.6 Å². The molecule has 0 radical (unpaired) electrons. The van der Waals surface area contributed by atoms with Crippen LogP contribution in [0.4, 0.5) is 5.69 Å². The van der Waals surface area contributed by atoms with Gasteiger partial charge in [-0.2, -0.15) is 0 Å². The number of nitrogens with one attached hydrogen (secondary N) is 1. The van der Waals surface area contributed by atoms with E-state index in [4.69, 9.17) is 17.4 Å². The number of anilines is 1. The van der Waals surface area contributed by atoms with Gasteiger partial charge >= 0.3 is 0 Å². The predicted octanol–water partition coefficient (Wildman–Crippen LogP) is 2.11. The van der Waals surface area contributed by atoms with Gasteiger partial charge in [0.15, 0.2) is 0 Å². The third-order valence-corrected chi connectivity index (χ3v) is 2.51. The summed E-state index contributed by atoms with van der Waals surface area (Å²) in [7, 11) is 1.76. The van der Waals surface area contributed by atoms with Gasteiger partial charge in [-0.15, -0.1) is 0 Å². The molecule has 0 saturated carbocycles. The van der Waals surface area contributed by atoms with Crippen molar-refractivity contribution in [2.24, 2.45) is 5.84 Å². The monoisotopic (exact) mass is 241 g/mol. The molecule has 0 saturated heterocycles. The van der Waals surface area contributed by atoms with Crippen LogP contribution in [0, 0.1) is 0 Å². The third kappa shape index (κ3) is 2.87. The normalized spacial score (nSPS) is 10.0. The molecule has 0 aliphatic carbocycles. The molecule has 0 bridgehead atoms. The summed E-state index contributed by atoms with van der Waals surface area (Å²) in [4.78, 5) is 13.7.